The van der Waals surface area contributed by atoms with Crippen LogP contribution in [0.2, 0.25) is 0 Å². The molecule has 2 aliphatic rings. The number of carboxylic acid groups (broad SMARTS) is 1. The summed E-state index contributed by atoms with van der Waals surface area (Å²) in [5, 5.41) is 12.5. The van der Waals surface area contributed by atoms with Gasteiger partial charge >= 0.3 is 5.97 Å². The third-order valence-electron chi connectivity index (χ3n) is 3.98. The third kappa shape index (κ3) is 2.74. The summed E-state index contributed by atoms with van der Waals surface area (Å²) >= 11 is 1.59. The minimum Gasteiger partial charge on any atom is -0.480 e. The van der Waals surface area contributed by atoms with Crippen molar-refractivity contribution in [3.8, 4) is 0 Å². The van der Waals surface area contributed by atoms with Gasteiger partial charge in [0.15, 0.2) is 0 Å². The Balaban J connectivity index is 2.20. The van der Waals surface area contributed by atoms with Crippen LogP contribution in [0.3, 0.4) is 0 Å². The molecule has 4 atom stereocenters. The molecule has 0 saturated carbocycles. The van der Waals surface area contributed by atoms with Gasteiger partial charge in [0.1, 0.15) is 6.04 Å². The molecule has 2 heterocycles. The first kappa shape index (κ1) is 14.7. The first-order chi connectivity index (χ1) is 8.93. The fourth-order valence-corrected chi connectivity index (χ4v) is 4.32. The van der Waals surface area contributed by atoms with Crippen molar-refractivity contribution in [3.63, 3.8) is 0 Å². The van der Waals surface area contributed by atoms with Crippen LogP contribution in [0.5, 0.6) is 0 Å². The number of aliphatic carboxylic acids is 1. The fourth-order valence-electron chi connectivity index (χ4n) is 2.84. The van der Waals surface area contributed by atoms with Crippen molar-refractivity contribution in [3.05, 3.63) is 0 Å². The molecule has 4 unspecified atom stereocenters. The van der Waals surface area contributed by atoms with Gasteiger partial charge in [0.2, 0.25) is 5.91 Å². The molecule has 0 aromatic rings. The molecule has 5 nitrogen and oxygen atoms in total. The van der Waals surface area contributed by atoms with Crippen molar-refractivity contribution in [2.24, 2.45) is 17.8 Å². The summed E-state index contributed by atoms with van der Waals surface area (Å²) in [6.45, 7) is 7.63. The number of nitrogens with one attached hydrogen (secondary N) is 1. The molecular weight excluding hydrogens is 264 g/mol. The molecule has 0 aliphatic carbocycles. The number of hydrogen-bond donors (Lipinski definition) is 2. The van der Waals surface area contributed by atoms with Gasteiger partial charge in [-0.25, -0.2) is 4.79 Å². The van der Waals surface area contributed by atoms with Gasteiger partial charge in [-0.3, -0.25) is 4.79 Å². The highest BCUT2D eigenvalue weighted by molar-refractivity contribution is 8.00. The fraction of sp³-hybridized carbons (Fsp3) is 0.846. The molecule has 6 heteroatoms. The maximum absolute atomic E-state index is 12.7. The van der Waals surface area contributed by atoms with Crippen molar-refractivity contribution in [2.75, 3.05) is 18.8 Å². The van der Waals surface area contributed by atoms with Gasteiger partial charge in [-0.2, -0.15) is 0 Å². The van der Waals surface area contributed by atoms with E-state index in [1.54, 1.807) is 16.7 Å². The number of carbonyl (C=O) groups excluding carboxylic acids is 1. The lowest BCUT2D eigenvalue weighted by Gasteiger charge is -2.32. The molecule has 0 aromatic heterocycles. The third-order valence-corrected chi connectivity index (χ3v) is 5.60. The number of carboxylic acids is 1. The Labute approximate surface area is 118 Å². The summed E-state index contributed by atoms with van der Waals surface area (Å²) < 4.78 is 0. The maximum Gasteiger partial charge on any atom is 0.327 e. The summed E-state index contributed by atoms with van der Waals surface area (Å²) in [5.74, 6) is 0.0830. The first-order valence-electron chi connectivity index (χ1n) is 6.80. The smallest absolute Gasteiger partial charge is 0.327 e. The minimum absolute atomic E-state index is 0.00796. The topological polar surface area (TPSA) is 69.6 Å². The summed E-state index contributed by atoms with van der Waals surface area (Å²) in [6, 6.07) is -0.669. The Morgan fingerprint density at radius 3 is 2.53 bits per heavy atom. The summed E-state index contributed by atoms with van der Waals surface area (Å²) in [5.41, 5.74) is 0. The highest BCUT2D eigenvalue weighted by atomic mass is 32.2. The molecule has 2 rings (SSSR count). The van der Waals surface area contributed by atoms with Crippen molar-refractivity contribution in [1.82, 2.24) is 10.2 Å². The number of thioether (sulfide) groups is 1. The van der Waals surface area contributed by atoms with Crippen LogP contribution in [0.4, 0.5) is 0 Å². The summed E-state index contributed by atoms with van der Waals surface area (Å²) in [6.07, 6.45) is 0. The number of amides is 1. The highest BCUT2D eigenvalue weighted by Gasteiger charge is 2.46. The van der Waals surface area contributed by atoms with Crippen LogP contribution in [-0.4, -0.2) is 52.1 Å². The van der Waals surface area contributed by atoms with Crippen LogP contribution in [0, 0.1) is 17.8 Å². The van der Waals surface area contributed by atoms with E-state index < -0.39 is 12.0 Å². The molecule has 2 fully saturated rings. The zero-order valence-electron chi connectivity index (χ0n) is 11.6. The number of hydrogen-bond acceptors (Lipinski definition) is 4. The highest BCUT2D eigenvalue weighted by Crippen LogP contribution is 2.36. The molecule has 0 aromatic carbocycles. The standard InChI is InChI=1S/C13H22N2O3S/c1-7(2)12-15(10(6-19-12)13(17)18)11(16)9-5-14-4-8(9)3/h7-10,12,14H,4-6H2,1-3H3,(H,17,18). The molecule has 2 aliphatic heterocycles. The molecule has 19 heavy (non-hydrogen) atoms. The zero-order valence-corrected chi connectivity index (χ0v) is 12.4. The predicted octanol–water partition coefficient (Wildman–Crippen LogP) is 0.853. The van der Waals surface area contributed by atoms with E-state index >= 15 is 0 Å². The average Bonchev–Trinajstić information content (AvgIpc) is 2.93. The van der Waals surface area contributed by atoms with E-state index in [1.165, 1.54) is 0 Å². The van der Waals surface area contributed by atoms with Gasteiger partial charge in [0.05, 0.1) is 11.3 Å². The number of nitrogens with zero attached hydrogens (tertiary/aromatic N) is 1. The Morgan fingerprint density at radius 2 is 2.05 bits per heavy atom. The van der Waals surface area contributed by atoms with Crippen LogP contribution in [0.15, 0.2) is 0 Å². The Morgan fingerprint density at radius 1 is 1.37 bits per heavy atom. The van der Waals surface area contributed by atoms with Crippen molar-refractivity contribution < 1.29 is 14.7 Å². The van der Waals surface area contributed by atoms with Gasteiger partial charge in [0.25, 0.3) is 0 Å². The van der Waals surface area contributed by atoms with Gasteiger partial charge in [-0.1, -0.05) is 20.8 Å². The predicted molar refractivity (Wildman–Crippen MR) is 74.9 cm³/mol. The maximum atomic E-state index is 12.7. The molecule has 2 N–H and O–H groups in total. The molecule has 2 saturated heterocycles. The van der Waals surface area contributed by atoms with Crippen LogP contribution >= 0.6 is 11.8 Å². The van der Waals surface area contributed by atoms with Crippen LogP contribution < -0.4 is 5.32 Å². The van der Waals surface area contributed by atoms with E-state index in [0.29, 0.717) is 12.3 Å². The summed E-state index contributed by atoms with van der Waals surface area (Å²) in [4.78, 5) is 25.7. The number of carbonyl (C=O) groups is 2. The van der Waals surface area contributed by atoms with E-state index in [-0.39, 0.29) is 29.0 Å². The van der Waals surface area contributed by atoms with E-state index in [9.17, 15) is 14.7 Å². The quantitative estimate of drug-likeness (QED) is 0.805. The lowest BCUT2D eigenvalue weighted by molar-refractivity contribution is -0.151. The largest absolute Gasteiger partial charge is 0.480 e. The first-order valence-corrected chi connectivity index (χ1v) is 7.85. The minimum atomic E-state index is -0.886. The molecule has 0 spiro atoms. The second-order valence-electron chi connectivity index (χ2n) is 5.81. The van der Waals surface area contributed by atoms with Crippen molar-refractivity contribution in [1.29, 1.82) is 0 Å². The SMILES string of the molecule is CC(C)C1SCC(C(=O)O)N1C(=O)C1CNCC1C. The van der Waals surface area contributed by atoms with Gasteiger partial charge in [0, 0.05) is 12.3 Å². The van der Waals surface area contributed by atoms with Crippen LogP contribution in [0.1, 0.15) is 20.8 Å². The molecule has 108 valence electrons. The Hall–Kier alpha value is -0.750. The van der Waals surface area contributed by atoms with Crippen molar-refractivity contribution in [2.45, 2.75) is 32.2 Å². The van der Waals surface area contributed by atoms with E-state index in [1.807, 2.05) is 20.8 Å². The van der Waals surface area contributed by atoms with Gasteiger partial charge in [-0.05, 0) is 18.4 Å². The Kier molecular flexibility index (Phi) is 4.40. The van der Waals surface area contributed by atoms with E-state index in [4.69, 9.17) is 0 Å². The normalized spacial score (nSPS) is 35.1. The van der Waals surface area contributed by atoms with Crippen LogP contribution in [-0.2, 0) is 9.59 Å². The lowest BCUT2D eigenvalue weighted by atomic mass is 9.95. The van der Waals surface area contributed by atoms with Gasteiger partial charge in [-0.15, -0.1) is 11.8 Å². The molecular formula is C13H22N2O3S. The Bertz CT molecular complexity index is 375. The zero-order chi connectivity index (χ0) is 14.2. The van der Waals surface area contributed by atoms with E-state index in [0.717, 1.165) is 6.54 Å². The van der Waals surface area contributed by atoms with Crippen molar-refractivity contribution >= 4 is 23.6 Å². The summed E-state index contributed by atoms with van der Waals surface area (Å²) in [7, 11) is 0. The second-order valence-corrected chi connectivity index (χ2v) is 6.96. The second kappa shape index (κ2) is 5.71. The molecule has 0 bridgehead atoms. The monoisotopic (exact) mass is 286 g/mol. The van der Waals surface area contributed by atoms with Gasteiger partial charge < -0.3 is 15.3 Å². The van der Waals surface area contributed by atoms with E-state index in [2.05, 4.69) is 5.32 Å². The number of rotatable bonds is 3. The molecule has 1 amide bonds. The molecule has 0 radical (unpaired) electrons. The van der Waals surface area contributed by atoms with Crippen LogP contribution in [0.25, 0.3) is 0 Å². The average molecular weight is 286 g/mol. The lowest BCUT2D eigenvalue weighted by Crippen LogP contribution is -2.50.